The second-order valence-corrected chi connectivity index (χ2v) is 14.8. The van der Waals surface area contributed by atoms with E-state index in [9.17, 15) is 27.6 Å². The molecule has 0 unspecified atom stereocenters. The lowest BCUT2D eigenvalue weighted by atomic mass is 9.81. The second kappa shape index (κ2) is 13.9. The monoisotopic (exact) mass is 603 g/mol. The summed E-state index contributed by atoms with van der Waals surface area (Å²) in [5.74, 6) is -1.52. The Balaban J connectivity index is 1.49. The van der Waals surface area contributed by atoms with Gasteiger partial charge in [0.25, 0.3) is 0 Å². The number of Topliss-reactive ketones (excluding diaryl/α,β-unsaturated/α-hetero) is 3. The number of ether oxygens (including phenoxy) is 2. The third-order valence-corrected chi connectivity index (χ3v) is 10.3. The Morgan fingerprint density at radius 2 is 1.62 bits per heavy atom. The highest BCUT2D eigenvalue weighted by atomic mass is 32.2. The first-order chi connectivity index (χ1) is 19.9. The molecule has 1 aromatic rings. The number of ketones is 3. The highest BCUT2D eigenvalue weighted by Crippen LogP contribution is 2.37. The highest BCUT2D eigenvalue weighted by molar-refractivity contribution is 7.90. The SMILES string of the molecule is C[C@@H](CC(=O)C1CCOCC1)C(=O)N[C@@H](Cc1ccc(S(C)(=O)=O)cc1)C(=O)C[C@@H](CC1CCCC1)C(=O)[C@@]1(C)CO1. The number of benzene rings is 1. The van der Waals surface area contributed by atoms with Gasteiger partial charge in [0.15, 0.2) is 21.4 Å². The van der Waals surface area contributed by atoms with E-state index in [1.54, 1.807) is 26.0 Å². The van der Waals surface area contributed by atoms with Crippen LogP contribution in [-0.4, -0.2) is 69.4 Å². The third kappa shape index (κ3) is 8.80. The lowest BCUT2D eigenvalue weighted by Crippen LogP contribution is -2.46. The maximum atomic E-state index is 13.9. The Morgan fingerprint density at radius 1 is 1.00 bits per heavy atom. The van der Waals surface area contributed by atoms with Gasteiger partial charge in [0.2, 0.25) is 5.91 Å². The van der Waals surface area contributed by atoms with Crippen LogP contribution in [0.1, 0.15) is 77.2 Å². The molecule has 0 radical (unpaired) electrons. The summed E-state index contributed by atoms with van der Waals surface area (Å²) in [6.07, 6.45) is 7.62. The molecule has 4 atom stereocenters. The van der Waals surface area contributed by atoms with E-state index in [1.807, 2.05) is 0 Å². The number of sulfone groups is 1. The number of epoxide rings is 1. The smallest absolute Gasteiger partial charge is 0.223 e. The van der Waals surface area contributed by atoms with Gasteiger partial charge in [0.1, 0.15) is 11.4 Å². The van der Waals surface area contributed by atoms with Gasteiger partial charge in [-0.1, -0.05) is 44.7 Å². The molecule has 2 aliphatic heterocycles. The van der Waals surface area contributed by atoms with Gasteiger partial charge in [-0.3, -0.25) is 19.2 Å². The summed E-state index contributed by atoms with van der Waals surface area (Å²) in [5.41, 5.74) is -0.161. The van der Waals surface area contributed by atoms with Crippen molar-refractivity contribution in [3.8, 4) is 0 Å². The number of nitrogens with one attached hydrogen (secondary N) is 1. The molecule has 0 bridgehead atoms. The number of rotatable bonds is 15. The molecule has 1 amide bonds. The van der Waals surface area contributed by atoms with Crippen molar-refractivity contribution in [1.29, 1.82) is 0 Å². The number of carbonyl (C=O) groups is 4. The minimum Gasteiger partial charge on any atom is -0.381 e. The van der Waals surface area contributed by atoms with Gasteiger partial charge in [0, 0.05) is 50.1 Å². The lowest BCUT2D eigenvalue weighted by molar-refractivity contribution is -0.135. The van der Waals surface area contributed by atoms with Crippen LogP contribution in [0, 0.1) is 23.7 Å². The van der Waals surface area contributed by atoms with Crippen molar-refractivity contribution < 1.29 is 37.1 Å². The third-order valence-electron chi connectivity index (χ3n) is 9.14. The van der Waals surface area contributed by atoms with Gasteiger partial charge in [-0.25, -0.2) is 8.42 Å². The molecule has 1 aliphatic carbocycles. The molecule has 0 aromatic heterocycles. The molecule has 3 aliphatic rings. The molecule has 10 heteroatoms. The highest BCUT2D eigenvalue weighted by Gasteiger charge is 2.50. The Morgan fingerprint density at radius 3 is 2.19 bits per heavy atom. The van der Waals surface area contributed by atoms with E-state index < -0.39 is 39.2 Å². The zero-order valence-electron chi connectivity index (χ0n) is 25.1. The summed E-state index contributed by atoms with van der Waals surface area (Å²) in [6, 6.07) is 5.33. The van der Waals surface area contributed by atoms with Gasteiger partial charge < -0.3 is 14.8 Å². The van der Waals surface area contributed by atoms with Crippen LogP contribution in [0.15, 0.2) is 29.2 Å². The van der Waals surface area contributed by atoms with Crippen molar-refractivity contribution in [2.45, 2.75) is 94.6 Å². The van der Waals surface area contributed by atoms with E-state index in [0.717, 1.165) is 31.9 Å². The second-order valence-electron chi connectivity index (χ2n) is 12.8. The molecule has 4 rings (SSSR count). The molecule has 1 aromatic carbocycles. The van der Waals surface area contributed by atoms with Crippen LogP contribution in [0.5, 0.6) is 0 Å². The first-order valence-corrected chi connectivity index (χ1v) is 17.2. The van der Waals surface area contributed by atoms with Crippen molar-refractivity contribution in [3.05, 3.63) is 29.8 Å². The molecule has 2 saturated heterocycles. The van der Waals surface area contributed by atoms with Crippen molar-refractivity contribution >= 4 is 33.1 Å². The average molecular weight is 604 g/mol. The average Bonchev–Trinajstić information content (AvgIpc) is 3.50. The predicted octanol–water partition coefficient (Wildman–Crippen LogP) is 3.65. The fraction of sp³-hybridized carbons (Fsp3) is 0.688. The van der Waals surface area contributed by atoms with Gasteiger partial charge in [0.05, 0.1) is 17.5 Å². The normalized spacial score (nSPS) is 23.6. The Labute approximate surface area is 249 Å². The summed E-state index contributed by atoms with van der Waals surface area (Å²) >= 11 is 0. The molecule has 2 heterocycles. The Kier molecular flexibility index (Phi) is 10.8. The van der Waals surface area contributed by atoms with E-state index in [4.69, 9.17) is 9.47 Å². The maximum absolute atomic E-state index is 13.9. The van der Waals surface area contributed by atoms with E-state index >= 15 is 0 Å². The Hall–Kier alpha value is -2.43. The summed E-state index contributed by atoms with van der Waals surface area (Å²) in [7, 11) is -3.39. The van der Waals surface area contributed by atoms with Crippen molar-refractivity contribution in [1.82, 2.24) is 5.32 Å². The molecule has 42 heavy (non-hydrogen) atoms. The minimum atomic E-state index is -3.39. The van der Waals surface area contributed by atoms with Crippen molar-refractivity contribution in [2.75, 3.05) is 26.1 Å². The molecule has 1 N–H and O–H groups in total. The topological polar surface area (TPSA) is 136 Å². The predicted molar refractivity (Wildman–Crippen MR) is 157 cm³/mol. The number of hydrogen-bond acceptors (Lipinski definition) is 8. The van der Waals surface area contributed by atoms with Crippen LogP contribution in [0.3, 0.4) is 0 Å². The number of hydrogen-bond donors (Lipinski definition) is 1. The van der Waals surface area contributed by atoms with Crippen LogP contribution in [0.25, 0.3) is 0 Å². The summed E-state index contributed by atoms with van der Waals surface area (Å²) < 4.78 is 34.6. The maximum Gasteiger partial charge on any atom is 0.223 e. The fourth-order valence-corrected chi connectivity index (χ4v) is 6.88. The summed E-state index contributed by atoms with van der Waals surface area (Å²) in [5, 5.41) is 2.88. The molecular formula is C32H45NO8S. The Bertz CT molecular complexity index is 1240. The van der Waals surface area contributed by atoms with Gasteiger partial charge in [-0.15, -0.1) is 0 Å². The van der Waals surface area contributed by atoms with Gasteiger partial charge in [-0.05, 0) is 56.2 Å². The van der Waals surface area contributed by atoms with Crippen LogP contribution in [-0.2, 0) is 44.9 Å². The summed E-state index contributed by atoms with van der Waals surface area (Å²) in [4.78, 5) is 53.5. The van der Waals surface area contributed by atoms with Gasteiger partial charge in [-0.2, -0.15) is 0 Å². The number of carbonyl (C=O) groups excluding carboxylic acids is 4. The first-order valence-electron chi connectivity index (χ1n) is 15.3. The molecule has 9 nitrogen and oxygen atoms in total. The molecule has 0 spiro atoms. The first kappa shape index (κ1) is 32.5. The lowest BCUT2D eigenvalue weighted by Gasteiger charge is -2.25. The van der Waals surface area contributed by atoms with E-state index in [-0.39, 0.29) is 47.4 Å². The molecule has 232 valence electrons. The molecule has 3 fully saturated rings. The zero-order chi connectivity index (χ0) is 30.5. The van der Waals surface area contributed by atoms with Gasteiger partial charge >= 0.3 is 0 Å². The van der Waals surface area contributed by atoms with Crippen molar-refractivity contribution in [3.63, 3.8) is 0 Å². The van der Waals surface area contributed by atoms with E-state index in [1.165, 1.54) is 12.1 Å². The van der Waals surface area contributed by atoms with Crippen molar-refractivity contribution in [2.24, 2.45) is 23.7 Å². The molecule has 1 saturated carbocycles. The van der Waals surface area contributed by atoms with Crippen LogP contribution in [0.4, 0.5) is 0 Å². The number of amides is 1. The van der Waals surface area contributed by atoms with Crippen LogP contribution in [0.2, 0.25) is 0 Å². The minimum absolute atomic E-state index is 0.00393. The van der Waals surface area contributed by atoms with Crippen LogP contribution < -0.4 is 5.32 Å². The van der Waals surface area contributed by atoms with E-state index in [0.29, 0.717) is 50.6 Å². The fourth-order valence-electron chi connectivity index (χ4n) is 6.25. The quantitative estimate of drug-likeness (QED) is 0.300. The summed E-state index contributed by atoms with van der Waals surface area (Å²) in [6.45, 7) is 4.88. The standard InChI is InChI=1S/C32H45NO8S/c1-21(16-28(34)24-12-14-40-15-13-24)31(37)33-27(18-23-8-10-26(11-9-23)42(3,38)39)29(35)19-25(17-22-6-4-5-7-22)30(36)32(2)20-41-32/h8-11,21-22,24-25,27H,4-7,12-20H2,1-3H3,(H,33,37)/t21-,25+,27-,32+/m0/s1. The largest absolute Gasteiger partial charge is 0.381 e. The van der Waals surface area contributed by atoms with Crippen LogP contribution >= 0.6 is 0 Å². The molecular weight excluding hydrogens is 558 g/mol. The zero-order valence-corrected chi connectivity index (χ0v) is 25.9. The van der Waals surface area contributed by atoms with E-state index in [2.05, 4.69) is 5.32 Å².